The van der Waals surface area contributed by atoms with Gasteiger partial charge in [0.2, 0.25) is 0 Å². The van der Waals surface area contributed by atoms with E-state index in [1.54, 1.807) is 25.2 Å². The monoisotopic (exact) mass is 246 g/mol. The van der Waals surface area contributed by atoms with Crippen molar-refractivity contribution < 1.29 is 9.90 Å². The lowest BCUT2D eigenvalue weighted by molar-refractivity contribution is -0.147. The van der Waals surface area contributed by atoms with Crippen molar-refractivity contribution in [1.29, 1.82) is 0 Å². The van der Waals surface area contributed by atoms with Crippen LogP contribution >= 0.6 is 22.9 Å². The topological polar surface area (TPSA) is 37.3 Å². The summed E-state index contributed by atoms with van der Waals surface area (Å²) in [6, 6.07) is 3.88. The van der Waals surface area contributed by atoms with Crippen LogP contribution in [0, 0.1) is 5.41 Å². The van der Waals surface area contributed by atoms with Gasteiger partial charge in [-0.2, -0.15) is 0 Å². The van der Waals surface area contributed by atoms with Gasteiger partial charge in [0.05, 0.1) is 9.75 Å². The molecule has 1 aromatic rings. The Bertz CT molecular complexity index is 344. The highest BCUT2D eigenvalue weighted by atomic mass is 35.5. The summed E-state index contributed by atoms with van der Waals surface area (Å²) in [4.78, 5) is 12.1. The third kappa shape index (κ3) is 3.84. The Morgan fingerprint density at radius 2 is 2.20 bits per heavy atom. The van der Waals surface area contributed by atoms with Crippen molar-refractivity contribution in [2.45, 2.75) is 33.1 Å². The second-order valence-electron chi connectivity index (χ2n) is 4.25. The number of aliphatic carboxylic acids is 1. The molecule has 0 saturated carbocycles. The molecule has 0 bridgehead atoms. The molecule has 0 atom stereocenters. The molecule has 1 rings (SSSR count). The van der Waals surface area contributed by atoms with Gasteiger partial charge >= 0.3 is 5.97 Å². The minimum Gasteiger partial charge on any atom is -0.481 e. The van der Waals surface area contributed by atoms with Crippen LogP contribution in [-0.4, -0.2) is 11.1 Å². The van der Waals surface area contributed by atoms with Crippen LogP contribution in [0.15, 0.2) is 12.1 Å². The zero-order chi connectivity index (χ0) is 11.5. The Morgan fingerprint density at radius 1 is 1.53 bits per heavy atom. The molecule has 1 aromatic heterocycles. The van der Waals surface area contributed by atoms with E-state index in [9.17, 15) is 4.79 Å². The second-order valence-corrected chi connectivity index (χ2v) is 6.05. The van der Waals surface area contributed by atoms with Crippen LogP contribution in [0.3, 0.4) is 0 Å². The van der Waals surface area contributed by atoms with Gasteiger partial charge in [-0.05, 0) is 45.2 Å². The summed E-state index contributed by atoms with van der Waals surface area (Å²) in [5.74, 6) is -0.730. The highest BCUT2D eigenvalue weighted by Crippen LogP contribution is 2.27. The molecular formula is C11H15ClO2S. The van der Waals surface area contributed by atoms with Crippen LogP contribution < -0.4 is 0 Å². The lowest BCUT2D eigenvalue weighted by Gasteiger charge is -2.18. The molecule has 0 saturated heterocycles. The van der Waals surface area contributed by atoms with Crippen molar-refractivity contribution in [3.8, 4) is 0 Å². The summed E-state index contributed by atoms with van der Waals surface area (Å²) >= 11 is 7.37. The van der Waals surface area contributed by atoms with Gasteiger partial charge in [0.15, 0.2) is 0 Å². The van der Waals surface area contributed by atoms with Gasteiger partial charge in [-0.1, -0.05) is 11.6 Å². The average molecular weight is 247 g/mol. The quantitative estimate of drug-likeness (QED) is 0.857. The van der Waals surface area contributed by atoms with Gasteiger partial charge in [0.1, 0.15) is 0 Å². The van der Waals surface area contributed by atoms with Crippen molar-refractivity contribution >= 4 is 28.9 Å². The van der Waals surface area contributed by atoms with Gasteiger partial charge < -0.3 is 5.11 Å². The molecule has 0 amide bonds. The van der Waals surface area contributed by atoms with Crippen molar-refractivity contribution in [2.24, 2.45) is 5.41 Å². The highest BCUT2D eigenvalue weighted by molar-refractivity contribution is 7.16. The summed E-state index contributed by atoms with van der Waals surface area (Å²) in [6.07, 6.45) is 2.49. The summed E-state index contributed by atoms with van der Waals surface area (Å²) in [5, 5.41) is 8.92. The smallest absolute Gasteiger partial charge is 0.309 e. The highest BCUT2D eigenvalue weighted by Gasteiger charge is 2.26. The van der Waals surface area contributed by atoms with E-state index in [4.69, 9.17) is 16.7 Å². The first-order valence-corrected chi connectivity index (χ1v) is 6.09. The maximum absolute atomic E-state index is 10.8. The molecule has 4 heteroatoms. The molecule has 1 N–H and O–H groups in total. The molecule has 0 radical (unpaired) electrons. The number of hydrogen-bond donors (Lipinski definition) is 1. The minimum absolute atomic E-state index is 0.624. The van der Waals surface area contributed by atoms with Gasteiger partial charge in [0.25, 0.3) is 0 Å². The Kier molecular flexibility index (Phi) is 4.17. The number of thiophene rings is 1. The van der Waals surface area contributed by atoms with Crippen LogP contribution in [0.2, 0.25) is 4.34 Å². The molecule has 15 heavy (non-hydrogen) atoms. The number of hydrogen-bond acceptors (Lipinski definition) is 2. The van der Waals surface area contributed by atoms with Crippen LogP contribution in [-0.2, 0) is 11.2 Å². The van der Waals surface area contributed by atoms with E-state index in [0.29, 0.717) is 6.42 Å². The van der Waals surface area contributed by atoms with E-state index in [1.807, 2.05) is 12.1 Å². The van der Waals surface area contributed by atoms with E-state index in [2.05, 4.69) is 0 Å². The molecule has 0 aliphatic rings. The molecule has 2 nitrogen and oxygen atoms in total. The normalized spacial score (nSPS) is 11.7. The fourth-order valence-electron chi connectivity index (χ4n) is 1.30. The van der Waals surface area contributed by atoms with Crippen molar-refractivity contribution in [1.82, 2.24) is 0 Å². The van der Waals surface area contributed by atoms with Crippen LogP contribution in [0.25, 0.3) is 0 Å². The van der Waals surface area contributed by atoms with Crippen LogP contribution in [0.5, 0.6) is 0 Å². The number of rotatable bonds is 5. The van der Waals surface area contributed by atoms with Gasteiger partial charge in [0, 0.05) is 4.88 Å². The molecule has 0 spiro atoms. The zero-order valence-corrected chi connectivity index (χ0v) is 10.5. The molecule has 0 unspecified atom stereocenters. The van der Waals surface area contributed by atoms with Crippen molar-refractivity contribution in [3.05, 3.63) is 21.3 Å². The third-order valence-corrected chi connectivity index (χ3v) is 3.72. The predicted molar refractivity (Wildman–Crippen MR) is 63.7 cm³/mol. The van der Waals surface area contributed by atoms with E-state index in [-0.39, 0.29) is 0 Å². The average Bonchev–Trinajstić information content (AvgIpc) is 2.51. The third-order valence-electron chi connectivity index (χ3n) is 2.43. The van der Waals surface area contributed by atoms with Gasteiger partial charge in [-0.15, -0.1) is 11.3 Å². The predicted octanol–water partition coefficient (Wildman–Crippen LogP) is 3.84. The Morgan fingerprint density at radius 3 is 2.67 bits per heavy atom. The lowest BCUT2D eigenvalue weighted by atomic mass is 9.87. The van der Waals surface area contributed by atoms with Crippen molar-refractivity contribution in [3.63, 3.8) is 0 Å². The Hall–Kier alpha value is -0.540. The molecule has 0 aliphatic heterocycles. The molecular weight excluding hydrogens is 232 g/mol. The maximum Gasteiger partial charge on any atom is 0.309 e. The summed E-state index contributed by atoms with van der Waals surface area (Å²) in [6.45, 7) is 3.52. The first kappa shape index (κ1) is 12.5. The number of aryl methyl sites for hydroxylation is 1. The molecule has 0 aromatic carbocycles. The Labute approximate surface area is 98.9 Å². The van der Waals surface area contributed by atoms with E-state index >= 15 is 0 Å². The summed E-state index contributed by atoms with van der Waals surface area (Å²) in [7, 11) is 0. The first-order valence-electron chi connectivity index (χ1n) is 4.89. The molecule has 84 valence electrons. The fourth-order valence-corrected chi connectivity index (χ4v) is 2.43. The van der Waals surface area contributed by atoms with E-state index < -0.39 is 11.4 Å². The van der Waals surface area contributed by atoms with Gasteiger partial charge in [-0.25, -0.2) is 0 Å². The summed E-state index contributed by atoms with van der Waals surface area (Å²) in [5.41, 5.74) is -0.624. The number of carboxylic acid groups (broad SMARTS) is 1. The summed E-state index contributed by atoms with van der Waals surface area (Å²) < 4.78 is 0.794. The number of carboxylic acids is 1. The number of halogens is 1. The number of carbonyl (C=O) groups is 1. The Balaban J connectivity index is 2.36. The molecule has 1 heterocycles. The van der Waals surface area contributed by atoms with Crippen LogP contribution in [0.4, 0.5) is 0 Å². The SMILES string of the molecule is CC(C)(CCCc1ccc(Cl)s1)C(=O)O. The van der Waals surface area contributed by atoms with Crippen molar-refractivity contribution in [2.75, 3.05) is 0 Å². The standard InChI is InChI=1S/C11H15ClO2S/c1-11(2,10(13)14)7-3-4-8-5-6-9(12)15-8/h5-6H,3-4,7H2,1-2H3,(H,13,14). The first-order chi connectivity index (χ1) is 6.92. The second kappa shape index (κ2) is 4.99. The fraction of sp³-hybridized carbons (Fsp3) is 0.545. The van der Waals surface area contributed by atoms with Crippen LogP contribution in [0.1, 0.15) is 31.6 Å². The largest absolute Gasteiger partial charge is 0.481 e. The molecule has 0 aliphatic carbocycles. The van der Waals surface area contributed by atoms with E-state index in [0.717, 1.165) is 17.2 Å². The van der Waals surface area contributed by atoms with Gasteiger partial charge in [-0.3, -0.25) is 4.79 Å². The van der Waals surface area contributed by atoms with E-state index in [1.165, 1.54) is 4.88 Å². The lowest BCUT2D eigenvalue weighted by Crippen LogP contribution is -2.23. The minimum atomic E-state index is -0.730. The maximum atomic E-state index is 10.8. The molecule has 0 fully saturated rings. The zero-order valence-electron chi connectivity index (χ0n) is 8.92.